The molecule has 1 unspecified atom stereocenters. The third-order valence-corrected chi connectivity index (χ3v) is 3.44. The van der Waals surface area contributed by atoms with Gasteiger partial charge in [0.25, 0.3) is 0 Å². The van der Waals surface area contributed by atoms with Crippen LogP contribution in [0.3, 0.4) is 0 Å². The summed E-state index contributed by atoms with van der Waals surface area (Å²) in [4.78, 5) is 0. The van der Waals surface area contributed by atoms with Crippen LogP contribution in [-0.4, -0.2) is 19.3 Å². The summed E-state index contributed by atoms with van der Waals surface area (Å²) in [5, 5.41) is 3.53. The SMILES string of the molecule is CCCNC(COC(C)C)c1cc(Br)cc(Br)c1. The van der Waals surface area contributed by atoms with Gasteiger partial charge in [0.15, 0.2) is 0 Å². The van der Waals surface area contributed by atoms with E-state index in [1.54, 1.807) is 0 Å². The van der Waals surface area contributed by atoms with Gasteiger partial charge in [-0.2, -0.15) is 0 Å². The molecule has 2 nitrogen and oxygen atoms in total. The molecular weight excluding hydrogens is 358 g/mol. The summed E-state index contributed by atoms with van der Waals surface area (Å²) in [6.07, 6.45) is 1.37. The van der Waals surface area contributed by atoms with Crippen molar-refractivity contribution in [2.75, 3.05) is 13.2 Å². The van der Waals surface area contributed by atoms with Crippen LogP contribution in [0.2, 0.25) is 0 Å². The Balaban J connectivity index is 2.79. The van der Waals surface area contributed by atoms with Gasteiger partial charge in [-0.3, -0.25) is 0 Å². The Hall–Kier alpha value is 0.1000. The van der Waals surface area contributed by atoms with E-state index in [-0.39, 0.29) is 12.1 Å². The number of hydrogen-bond donors (Lipinski definition) is 1. The first-order valence-electron chi connectivity index (χ1n) is 6.34. The molecule has 102 valence electrons. The van der Waals surface area contributed by atoms with E-state index in [0.717, 1.165) is 21.9 Å². The highest BCUT2D eigenvalue weighted by Crippen LogP contribution is 2.24. The molecule has 0 saturated carbocycles. The van der Waals surface area contributed by atoms with Crippen LogP contribution in [0, 0.1) is 0 Å². The number of halogens is 2. The van der Waals surface area contributed by atoms with E-state index in [9.17, 15) is 0 Å². The highest BCUT2D eigenvalue weighted by Gasteiger charge is 2.13. The Morgan fingerprint density at radius 2 is 1.78 bits per heavy atom. The first kappa shape index (κ1) is 16.2. The molecule has 1 aromatic carbocycles. The zero-order valence-electron chi connectivity index (χ0n) is 11.2. The number of rotatable bonds is 7. The van der Waals surface area contributed by atoms with Crippen LogP contribution in [-0.2, 0) is 4.74 Å². The van der Waals surface area contributed by atoms with E-state index in [4.69, 9.17) is 4.74 Å². The van der Waals surface area contributed by atoms with Crippen LogP contribution in [0.4, 0.5) is 0 Å². The maximum atomic E-state index is 5.74. The summed E-state index contributed by atoms with van der Waals surface area (Å²) >= 11 is 7.06. The normalized spacial score (nSPS) is 13.0. The fourth-order valence-corrected chi connectivity index (χ4v) is 2.99. The van der Waals surface area contributed by atoms with E-state index in [2.05, 4.69) is 70.1 Å². The Bertz CT molecular complexity index is 349. The predicted molar refractivity (Wildman–Crippen MR) is 84.0 cm³/mol. The van der Waals surface area contributed by atoms with Gasteiger partial charge in [-0.15, -0.1) is 0 Å². The minimum absolute atomic E-state index is 0.237. The van der Waals surface area contributed by atoms with Gasteiger partial charge in [-0.25, -0.2) is 0 Å². The lowest BCUT2D eigenvalue weighted by Crippen LogP contribution is -2.27. The molecule has 0 aliphatic carbocycles. The molecule has 0 aromatic heterocycles. The van der Waals surface area contributed by atoms with Gasteiger partial charge in [0.2, 0.25) is 0 Å². The van der Waals surface area contributed by atoms with Crippen molar-refractivity contribution in [1.29, 1.82) is 0 Å². The second-order valence-corrected chi connectivity index (χ2v) is 6.42. The minimum Gasteiger partial charge on any atom is -0.377 e. The van der Waals surface area contributed by atoms with Gasteiger partial charge in [-0.05, 0) is 50.6 Å². The monoisotopic (exact) mass is 377 g/mol. The van der Waals surface area contributed by atoms with E-state index in [1.165, 1.54) is 5.56 Å². The molecule has 0 aliphatic heterocycles. The fourth-order valence-electron chi connectivity index (χ4n) is 1.66. The van der Waals surface area contributed by atoms with E-state index in [1.807, 2.05) is 6.07 Å². The first-order valence-corrected chi connectivity index (χ1v) is 7.92. The Labute approximate surface area is 127 Å². The van der Waals surface area contributed by atoms with Crippen molar-refractivity contribution >= 4 is 31.9 Å². The lowest BCUT2D eigenvalue weighted by Gasteiger charge is -2.21. The van der Waals surface area contributed by atoms with Gasteiger partial charge in [0.05, 0.1) is 18.8 Å². The molecule has 0 radical (unpaired) electrons. The van der Waals surface area contributed by atoms with Crippen molar-refractivity contribution < 1.29 is 4.74 Å². The molecular formula is C14H21Br2NO. The highest BCUT2D eigenvalue weighted by molar-refractivity contribution is 9.11. The number of hydrogen-bond acceptors (Lipinski definition) is 2. The maximum Gasteiger partial charge on any atom is 0.0664 e. The quantitative estimate of drug-likeness (QED) is 0.743. The molecule has 1 rings (SSSR count). The molecule has 0 amide bonds. The van der Waals surface area contributed by atoms with Crippen LogP contribution in [0.25, 0.3) is 0 Å². The molecule has 0 bridgehead atoms. The minimum atomic E-state index is 0.237. The molecule has 0 spiro atoms. The zero-order chi connectivity index (χ0) is 13.5. The molecule has 0 aliphatic rings. The Kier molecular flexibility index (Phi) is 7.46. The highest BCUT2D eigenvalue weighted by atomic mass is 79.9. The maximum absolute atomic E-state index is 5.74. The molecule has 0 heterocycles. The van der Waals surface area contributed by atoms with Crippen molar-refractivity contribution in [2.24, 2.45) is 0 Å². The van der Waals surface area contributed by atoms with E-state index < -0.39 is 0 Å². The summed E-state index contributed by atoms with van der Waals surface area (Å²) in [6, 6.07) is 6.56. The predicted octanol–water partition coefficient (Wildman–Crippen LogP) is 4.68. The molecule has 1 N–H and O–H groups in total. The lowest BCUT2D eigenvalue weighted by atomic mass is 10.1. The van der Waals surface area contributed by atoms with Crippen LogP contribution in [0.15, 0.2) is 27.1 Å². The van der Waals surface area contributed by atoms with Crippen molar-refractivity contribution in [2.45, 2.75) is 39.3 Å². The smallest absolute Gasteiger partial charge is 0.0664 e. The van der Waals surface area contributed by atoms with E-state index in [0.29, 0.717) is 6.61 Å². The van der Waals surface area contributed by atoms with Gasteiger partial charge in [0.1, 0.15) is 0 Å². The molecule has 18 heavy (non-hydrogen) atoms. The van der Waals surface area contributed by atoms with Crippen LogP contribution < -0.4 is 5.32 Å². The molecule has 4 heteroatoms. The average Bonchev–Trinajstić information content (AvgIpc) is 2.27. The number of nitrogens with one attached hydrogen (secondary N) is 1. The number of benzene rings is 1. The van der Waals surface area contributed by atoms with Crippen molar-refractivity contribution in [3.8, 4) is 0 Å². The van der Waals surface area contributed by atoms with E-state index >= 15 is 0 Å². The molecule has 1 aromatic rings. The topological polar surface area (TPSA) is 21.3 Å². The van der Waals surface area contributed by atoms with Crippen LogP contribution in [0.5, 0.6) is 0 Å². The summed E-state index contributed by atoms with van der Waals surface area (Å²) in [7, 11) is 0. The van der Waals surface area contributed by atoms with Gasteiger partial charge in [0, 0.05) is 8.95 Å². The fraction of sp³-hybridized carbons (Fsp3) is 0.571. The largest absolute Gasteiger partial charge is 0.377 e. The summed E-state index contributed by atoms with van der Waals surface area (Å²) in [5.41, 5.74) is 1.24. The van der Waals surface area contributed by atoms with Crippen molar-refractivity contribution in [3.05, 3.63) is 32.7 Å². The Morgan fingerprint density at radius 1 is 1.17 bits per heavy atom. The lowest BCUT2D eigenvalue weighted by molar-refractivity contribution is 0.0611. The zero-order valence-corrected chi connectivity index (χ0v) is 14.3. The third-order valence-electron chi connectivity index (χ3n) is 2.52. The van der Waals surface area contributed by atoms with Gasteiger partial charge >= 0.3 is 0 Å². The molecule has 1 atom stereocenters. The summed E-state index contributed by atoms with van der Waals surface area (Å²) < 4.78 is 7.91. The van der Waals surface area contributed by atoms with Gasteiger partial charge in [-0.1, -0.05) is 38.8 Å². The average molecular weight is 379 g/mol. The van der Waals surface area contributed by atoms with Crippen LogP contribution >= 0.6 is 31.9 Å². The number of ether oxygens (including phenoxy) is 1. The molecule has 0 fully saturated rings. The van der Waals surface area contributed by atoms with Crippen LogP contribution in [0.1, 0.15) is 38.8 Å². The van der Waals surface area contributed by atoms with Crippen molar-refractivity contribution in [1.82, 2.24) is 5.32 Å². The first-order chi connectivity index (χ1) is 8.52. The second-order valence-electron chi connectivity index (χ2n) is 4.59. The standard InChI is InChI=1S/C14H21Br2NO/c1-4-5-17-14(9-18-10(2)3)11-6-12(15)8-13(16)7-11/h6-8,10,14,17H,4-5,9H2,1-3H3. The third kappa shape index (κ3) is 5.83. The van der Waals surface area contributed by atoms with Gasteiger partial charge < -0.3 is 10.1 Å². The summed E-state index contributed by atoms with van der Waals surface area (Å²) in [5.74, 6) is 0. The summed E-state index contributed by atoms with van der Waals surface area (Å²) in [6.45, 7) is 7.99. The Morgan fingerprint density at radius 3 is 2.28 bits per heavy atom. The van der Waals surface area contributed by atoms with Crippen molar-refractivity contribution in [3.63, 3.8) is 0 Å². The second kappa shape index (κ2) is 8.31. The molecule has 0 saturated heterocycles.